The van der Waals surface area contributed by atoms with E-state index >= 15 is 0 Å². The van der Waals surface area contributed by atoms with Gasteiger partial charge >= 0.3 is 0 Å². The second-order valence-corrected chi connectivity index (χ2v) is 9.14. The molecule has 0 aliphatic carbocycles. The number of likely N-dealkylation sites (tertiary alicyclic amines) is 1. The zero-order valence-corrected chi connectivity index (χ0v) is 18.2. The molecule has 156 valence electrons. The third-order valence-corrected chi connectivity index (χ3v) is 6.72. The third kappa shape index (κ3) is 5.48. The maximum absolute atomic E-state index is 6.26. The summed E-state index contributed by atoms with van der Waals surface area (Å²) in [6, 6.07) is 8.88. The molecular formula is C22H32N6S. The average Bonchev–Trinajstić information content (AvgIpc) is 3.28. The van der Waals surface area contributed by atoms with Crippen molar-refractivity contribution < 1.29 is 0 Å². The fourth-order valence-electron chi connectivity index (χ4n) is 4.21. The number of aliphatic imine (C=N–C) groups is 1. The second kappa shape index (κ2) is 9.59. The predicted molar refractivity (Wildman–Crippen MR) is 121 cm³/mol. The van der Waals surface area contributed by atoms with Gasteiger partial charge in [0.05, 0.1) is 6.54 Å². The summed E-state index contributed by atoms with van der Waals surface area (Å²) < 4.78 is 0. The number of nitrogens with two attached hydrogens (primary N) is 1. The molecule has 1 unspecified atom stereocenters. The van der Waals surface area contributed by atoms with Crippen molar-refractivity contribution in [1.82, 2.24) is 14.8 Å². The summed E-state index contributed by atoms with van der Waals surface area (Å²) in [5.41, 5.74) is 8.86. The molecule has 2 fully saturated rings. The Kier molecular flexibility index (Phi) is 6.67. The second-order valence-electron chi connectivity index (χ2n) is 8.26. The Labute approximate surface area is 178 Å². The molecule has 0 radical (unpaired) electrons. The zero-order chi connectivity index (χ0) is 20.1. The standard InChI is InChI=1S/C22H32N6S/c1-18-3-2-9-26(16-18)17-20-6-4-19(5-7-20)15-25-21(23)27-10-12-28(13-11-27)22-24-8-14-29-22/h4-8,14,18H,2-3,9-13,15-17H2,1H3,(H2,23,25). The van der Waals surface area contributed by atoms with Gasteiger partial charge < -0.3 is 15.5 Å². The van der Waals surface area contributed by atoms with E-state index < -0.39 is 0 Å². The fourth-order valence-corrected chi connectivity index (χ4v) is 4.91. The van der Waals surface area contributed by atoms with Crippen molar-refractivity contribution in [1.29, 1.82) is 0 Å². The van der Waals surface area contributed by atoms with Crippen molar-refractivity contribution in [2.45, 2.75) is 32.9 Å². The molecule has 6 nitrogen and oxygen atoms in total. The number of hydrogen-bond donors (Lipinski definition) is 1. The molecule has 3 heterocycles. The molecule has 29 heavy (non-hydrogen) atoms. The molecule has 1 aromatic heterocycles. The first-order chi connectivity index (χ1) is 14.2. The van der Waals surface area contributed by atoms with Crippen LogP contribution in [0.1, 0.15) is 30.9 Å². The first-order valence-electron chi connectivity index (χ1n) is 10.7. The lowest BCUT2D eigenvalue weighted by molar-refractivity contribution is 0.176. The van der Waals surface area contributed by atoms with E-state index in [0.29, 0.717) is 12.5 Å². The molecule has 2 saturated heterocycles. The van der Waals surface area contributed by atoms with Gasteiger partial charge in [0.25, 0.3) is 0 Å². The van der Waals surface area contributed by atoms with E-state index in [2.05, 4.69) is 55.9 Å². The highest BCUT2D eigenvalue weighted by molar-refractivity contribution is 7.13. The number of piperazine rings is 1. The number of anilines is 1. The van der Waals surface area contributed by atoms with Crippen LogP contribution >= 0.6 is 11.3 Å². The molecule has 2 N–H and O–H groups in total. The van der Waals surface area contributed by atoms with E-state index in [-0.39, 0.29) is 0 Å². The van der Waals surface area contributed by atoms with E-state index in [1.807, 2.05) is 11.6 Å². The maximum Gasteiger partial charge on any atom is 0.191 e. The lowest BCUT2D eigenvalue weighted by Crippen LogP contribution is -2.51. The van der Waals surface area contributed by atoms with Crippen molar-refractivity contribution in [2.75, 3.05) is 44.2 Å². The Hall–Kier alpha value is -2.12. The van der Waals surface area contributed by atoms with E-state index in [1.165, 1.54) is 37.1 Å². The summed E-state index contributed by atoms with van der Waals surface area (Å²) in [5.74, 6) is 1.47. The minimum Gasteiger partial charge on any atom is -0.370 e. The van der Waals surface area contributed by atoms with E-state index in [1.54, 1.807) is 11.3 Å². The lowest BCUT2D eigenvalue weighted by Gasteiger charge is -2.35. The Balaban J connectivity index is 1.25. The Morgan fingerprint density at radius 3 is 2.59 bits per heavy atom. The maximum atomic E-state index is 6.26. The Morgan fingerprint density at radius 2 is 1.90 bits per heavy atom. The molecule has 1 atom stereocenters. The molecule has 2 aliphatic rings. The van der Waals surface area contributed by atoms with E-state index in [4.69, 9.17) is 5.73 Å². The summed E-state index contributed by atoms with van der Waals surface area (Å²) in [7, 11) is 0. The van der Waals surface area contributed by atoms with Gasteiger partial charge in [-0.25, -0.2) is 9.98 Å². The predicted octanol–water partition coefficient (Wildman–Crippen LogP) is 3.01. The molecule has 4 rings (SSSR count). The minimum atomic E-state index is 0.638. The number of nitrogens with zero attached hydrogens (tertiary/aromatic N) is 5. The average molecular weight is 413 g/mol. The third-order valence-electron chi connectivity index (χ3n) is 5.89. The van der Waals surface area contributed by atoms with E-state index in [9.17, 15) is 0 Å². The zero-order valence-electron chi connectivity index (χ0n) is 17.3. The number of benzene rings is 1. The van der Waals surface area contributed by atoms with Gasteiger partial charge in [-0.2, -0.15) is 0 Å². The first kappa shape index (κ1) is 20.2. The van der Waals surface area contributed by atoms with Crippen LogP contribution in [-0.4, -0.2) is 60.0 Å². The number of rotatable bonds is 5. The monoisotopic (exact) mass is 412 g/mol. The topological polar surface area (TPSA) is 61.0 Å². The summed E-state index contributed by atoms with van der Waals surface area (Å²) in [6.45, 7) is 10.2. The van der Waals surface area contributed by atoms with Gasteiger partial charge in [0.2, 0.25) is 0 Å². The van der Waals surface area contributed by atoms with Crippen LogP contribution in [0, 0.1) is 5.92 Å². The van der Waals surface area contributed by atoms with Crippen LogP contribution in [0.2, 0.25) is 0 Å². The quantitative estimate of drug-likeness (QED) is 0.604. The summed E-state index contributed by atoms with van der Waals surface area (Å²) in [5, 5.41) is 3.12. The molecule has 2 aliphatic heterocycles. The normalized spacial score (nSPS) is 21.6. The van der Waals surface area contributed by atoms with Gasteiger partial charge in [0.1, 0.15) is 0 Å². The van der Waals surface area contributed by atoms with Crippen LogP contribution in [-0.2, 0) is 13.1 Å². The summed E-state index contributed by atoms with van der Waals surface area (Å²) in [4.78, 5) is 16.1. The summed E-state index contributed by atoms with van der Waals surface area (Å²) >= 11 is 1.69. The van der Waals surface area contributed by atoms with Crippen LogP contribution < -0.4 is 10.6 Å². The van der Waals surface area contributed by atoms with Crippen molar-refractivity contribution in [3.05, 3.63) is 47.0 Å². The van der Waals surface area contributed by atoms with Crippen LogP contribution in [0.15, 0.2) is 40.8 Å². The number of piperidine rings is 1. The first-order valence-corrected chi connectivity index (χ1v) is 11.5. The number of aromatic nitrogens is 1. The van der Waals surface area contributed by atoms with Gasteiger partial charge in [-0.15, -0.1) is 11.3 Å². The minimum absolute atomic E-state index is 0.638. The SMILES string of the molecule is CC1CCCN(Cc2ccc(CN=C(N)N3CCN(c4nccs4)CC3)cc2)C1. The highest BCUT2D eigenvalue weighted by Crippen LogP contribution is 2.19. The fraction of sp³-hybridized carbons (Fsp3) is 0.545. The van der Waals surface area contributed by atoms with Gasteiger partial charge in [-0.1, -0.05) is 31.2 Å². The molecule has 0 saturated carbocycles. The van der Waals surface area contributed by atoms with Crippen LogP contribution in [0.4, 0.5) is 5.13 Å². The molecular weight excluding hydrogens is 380 g/mol. The lowest BCUT2D eigenvalue weighted by atomic mass is 9.99. The van der Waals surface area contributed by atoms with Gasteiger partial charge in [-0.05, 0) is 36.4 Å². The van der Waals surface area contributed by atoms with Gasteiger partial charge in [0.15, 0.2) is 11.1 Å². The van der Waals surface area contributed by atoms with Crippen molar-refractivity contribution in [3.8, 4) is 0 Å². The van der Waals surface area contributed by atoms with Crippen LogP contribution in [0.5, 0.6) is 0 Å². The molecule has 2 aromatic rings. The van der Waals surface area contributed by atoms with E-state index in [0.717, 1.165) is 43.8 Å². The van der Waals surface area contributed by atoms with Crippen LogP contribution in [0.3, 0.4) is 0 Å². The number of thiazole rings is 1. The highest BCUT2D eigenvalue weighted by Gasteiger charge is 2.20. The highest BCUT2D eigenvalue weighted by atomic mass is 32.1. The van der Waals surface area contributed by atoms with Gasteiger partial charge in [-0.3, -0.25) is 4.90 Å². The number of hydrogen-bond acceptors (Lipinski definition) is 5. The number of guanidine groups is 1. The van der Waals surface area contributed by atoms with Gasteiger partial charge in [0, 0.05) is 50.8 Å². The molecule has 0 amide bonds. The van der Waals surface area contributed by atoms with Crippen molar-refractivity contribution >= 4 is 22.4 Å². The van der Waals surface area contributed by atoms with Crippen LogP contribution in [0.25, 0.3) is 0 Å². The largest absolute Gasteiger partial charge is 0.370 e. The molecule has 1 aromatic carbocycles. The van der Waals surface area contributed by atoms with Crippen molar-refractivity contribution in [2.24, 2.45) is 16.6 Å². The molecule has 7 heteroatoms. The smallest absolute Gasteiger partial charge is 0.191 e. The Morgan fingerprint density at radius 1 is 1.14 bits per heavy atom. The Bertz CT molecular complexity index is 780. The molecule has 0 bridgehead atoms. The molecule has 0 spiro atoms. The van der Waals surface area contributed by atoms with Crippen molar-refractivity contribution in [3.63, 3.8) is 0 Å². The summed E-state index contributed by atoms with van der Waals surface area (Å²) in [6.07, 6.45) is 4.56.